The Hall–Kier alpha value is 1.66. The van der Waals surface area contributed by atoms with Gasteiger partial charge in [0.2, 0.25) is 5.08 Å². The topological polar surface area (TPSA) is 0 Å². The van der Waals surface area contributed by atoms with Crippen molar-refractivity contribution >= 4 is 61.1 Å². The monoisotopic (exact) mass is 460 g/mol. The lowest BCUT2D eigenvalue weighted by Crippen LogP contribution is -2.40. The molecule has 0 saturated carbocycles. The second-order valence-corrected chi connectivity index (χ2v) is 7.58. The van der Waals surface area contributed by atoms with Gasteiger partial charge in [-0.3, -0.25) is 0 Å². The van der Waals surface area contributed by atoms with E-state index in [1.165, 1.54) is 45.2 Å². The lowest BCUT2D eigenvalue weighted by atomic mass is 10.2. The molecular weight excluding hydrogens is 458 g/mol. The summed E-state index contributed by atoms with van der Waals surface area (Å²) < 4.78 is 48.3. The van der Waals surface area contributed by atoms with Crippen molar-refractivity contribution in [3.63, 3.8) is 0 Å². The maximum Gasteiger partial charge on any atom is 0.320 e. The number of rotatable bonds is 3. The molecule has 0 aliphatic heterocycles. The summed E-state index contributed by atoms with van der Waals surface area (Å²) >= 11 is 4.94. The van der Waals surface area contributed by atoms with Gasteiger partial charge in [0.15, 0.2) is 6.17 Å². The zero-order valence-corrected chi connectivity index (χ0v) is 10.8. The molecule has 0 aliphatic carbocycles. The molecule has 0 rings (SSSR count). The SMILES string of the molecule is FC(Br)C(F)(F)C(F)C(I)I. The minimum atomic E-state index is -3.95. The molecule has 68 valence electrons. The molecule has 0 nitrogen and oxygen atoms in total. The second-order valence-electron chi connectivity index (χ2n) is 1.71. The van der Waals surface area contributed by atoms with Gasteiger partial charge in [0.1, 0.15) is 0 Å². The average molecular weight is 461 g/mol. The molecule has 0 aromatic heterocycles. The van der Waals surface area contributed by atoms with Gasteiger partial charge in [-0.2, -0.15) is 8.78 Å². The molecule has 11 heavy (non-hydrogen) atoms. The molecule has 0 aliphatic rings. The van der Waals surface area contributed by atoms with Gasteiger partial charge in [-0.05, 0) is 15.9 Å². The Morgan fingerprint density at radius 3 is 1.64 bits per heavy atom. The van der Waals surface area contributed by atoms with E-state index in [2.05, 4.69) is 0 Å². The first kappa shape index (κ1) is 12.7. The number of hydrogen-bond donors (Lipinski definition) is 0. The van der Waals surface area contributed by atoms with Gasteiger partial charge in [0, 0.05) is 0 Å². The molecule has 0 aromatic rings. The van der Waals surface area contributed by atoms with Crippen LogP contribution in [-0.2, 0) is 0 Å². The van der Waals surface area contributed by atoms with Gasteiger partial charge >= 0.3 is 5.92 Å². The summed E-state index contributed by atoms with van der Waals surface area (Å²) in [6.45, 7) is 0. The van der Waals surface area contributed by atoms with E-state index >= 15 is 0 Å². The molecule has 2 atom stereocenters. The van der Waals surface area contributed by atoms with Gasteiger partial charge in [-0.1, -0.05) is 45.2 Å². The lowest BCUT2D eigenvalue weighted by Gasteiger charge is -2.21. The Labute approximate surface area is 96.9 Å². The standard InChI is InChI=1S/C4H3BrF4I2/c5-3(7)4(8,9)1(6)2(10)11/h1-3H. The zero-order chi connectivity index (χ0) is 9.23. The maximum atomic E-state index is 12.5. The molecule has 0 N–H and O–H groups in total. The van der Waals surface area contributed by atoms with Gasteiger partial charge in [-0.15, -0.1) is 0 Å². The lowest BCUT2D eigenvalue weighted by molar-refractivity contribution is -0.0894. The smallest absolute Gasteiger partial charge is 0.239 e. The predicted molar refractivity (Wildman–Crippen MR) is 55.5 cm³/mol. The fourth-order valence-electron chi connectivity index (χ4n) is 0.288. The van der Waals surface area contributed by atoms with E-state index in [1.807, 2.05) is 15.9 Å². The van der Waals surface area contributed by atoms with Crippen molar-refractivity contribution < 1.29 is 17.6 Å². The van der Waals surface area contributed by atoms with Crippen molar-refractivity contribution in [2.24, 2.45) is 0 Å². The highest BCUT2D eigenvalue weighted by molar-refractivity contribution is 14.2. The van der Waals surface area contributed by atoms with E-state index in [4.69, 9.17) is 0 Å². The number of hydrogen-bond acceptors (Lipinski definition) is 0. The minimum Gasteiger partial charge on any atom is -0.239 e. The van der Waals surface area contributed by atoms with Crippen LogP contribution in [0.15, 0.2) is 0 Å². The van der Waals surface area contributed by atoms with Crippen LogP contribution in [0, 0.1) is 0 Å². The summed E-state index contributed by atoms with van der Waals surface area (Å²) in [5, 5.41) is -2.63. The molecule has 2 unspecified atom stereocenters. The summed E-state index contributed by atoms with van der Waals surface area (Å²) in [5.74, 6) is -3.95. The first-order valence-electron chi connectivity index (χ1n) is 2.38. The van der Waals surface area contributed by atoms with Crippen LogP contribution in [-0.4, -0.2) is 19.1 Å². The van der Waals surface area contributed by atoms with E-state index in [-0.39, 0.29) is 0 Å². The van der Waals surface area contributed by atoms with Crippen molar-refractivity contribution in [2.75, 3.05) is 0 Å². The van der Waals surface area contributed by atoms with Crippen LogP contribution in [0.1, 0.15) is 0 Å². The van der Waals surface area contributed by atoms with Crippen LogP contribution in [0.5, 0.6) is 0 Å². The highest BCUT2D eigenvalue weighted by atomic mass is 127. The number of halogens is 7. The van der Waals surface area contributed by atoms with Crippen LogP contribution < -0.4 is 0 Å². The average Bonchev–Trinajstić information content (AvgIpc) is 1.85. The summed E-state index contributed by atoms with van der Waals surface area (Å²) in [4.78, 5) is 0. The molecule has 0 spiro atoms. The van der Waals surface area contributed by atoms with Crippen LogP contribution in [0.3, 0.4) is 0 Å². The highest BCUT2D eigenvalue weighted by Gasteiger charge is 2.49. The molecule has 0 aromatic carbocycles. The molecule has 0 radical (unpaired) electrons. The van der Waals surface area contributed by atoms with Crippen molar-refractivity contribution in [1.29, 1.82) is 0 Å². The first-order valence-corrected chi connectivity index (χ1v) is 5.79. The van der Waals surface area contributed by atoms with Crippen LogP contribution in [0.25, 0.3) is 0 Å². The molecule has 0 saturated heterocycles. The third kappa shape index (κ3) is 3.49. The zero-order valence-electron chi connectivity index (χ0n) is 4.88. The van der Waals surface area contributed by atoms with Crippen molar-refractivity contribution in [3.8, 4) is 0 Å². The minimum absolute atomic E-state index is 0.948. The van der Waals surface area contributed by atoms with Gasteiger partial charge < -0.3 is 0 Å². The summed E-state index contributed by atoms with van der Waals surface area (Å²) in [7, 11) is 0. The fourth-order valence-corrected chi connectivity index (χ4v) is 1.50. The first-order chi connectivity index (χ1) is 4.80. The molecule has 7 heteroatoms. The van der Waals surface area contributed by atoms with E-state index in [1.54, 1.807) is 0 Å². The van der Waals surface area contributed by atoms with Crippen LogP contribution >= 0.6 is 61.1 Å². The Morgan fingerprint density at radius 1 is 1.18 bits per heavy atom. The fraction of sp³-hybridized carbons (Fsp3) is 1.00. The van der Waals surface area contributed by atoms with Crippen LogP contribution in [0.2, 0.25) is 0 Å². The largest absolute Gasteiger partial charge is 0.320 e. The highest BCUT2D eigenvalue weighted by Crippen LogP contribution is 2.37. The quantitative estimate of drug-likeness (QED) is 0.341. The molecule has 0 amide bonds. The summed E-state index contributed by atoms with van der Waals surface area (Å²) in [5.41, 5.74) is 0. The summed E-state index contributed by atoms with van der Waals surface area (Å²) in [6, 6.07) is 0. The third-order valence-electron chi connectivity index (χ3n) is 0.880. The predicted octanol–water partition coefficient (Wildman–Crippen LogP) is 3.85. The Balaban J connectivity index is 4.29. The summed E-state index contributed by atoms with van der Waals surface area (Å²) in [6.07, 6.45) is -2.47. The Morgan fingerprint density at radius 2 is 1.55 bits per heavy atom. The Bertz CT molecular complexity index is 129. The second kappa shape index (κ2) is 4.77. The molecule has 0 bridgehead atoms. The maximum absolute atomic E-state index is 12.5. The van der Waals surface area contributed by atoms with Gasteiger partial charge in [0.25, 0.3) is 0 Å². The van der Waals surface area contributed by atoms with Gasteiger partial charge in [0.05, 0.1) is 1.93 Å². The van der Waals surface area contributed by atoms with Gasteiger partial charge in [-0.25, -0.2) is 8.78 Å². The van der Waals surface area contributed by atoms with Crippen molar-refractivity contribution in [2.45, 2.75) is 19.1 Å². The van der Waals surface area contributed by atoms with Crippen LogP contribution in [0.4, 0.5) is 17.6 Å². The molecular formula is C4H3BrF4I2. The molecule has 0 fully saturated rings. The van der Waals surface area contributed by atoms with E-state index in [0.29, 0.717) is 0 Å². The van der Waals surface area contributed by atoms with Crippen molar-refractivity contribution in [1.82, 2.24) is 0 Å². The molecule has 0 heterocycles. The van der Waals surface area contributed by atoms with E-state index in [0.717, 1.165) is 0 Å². The normalized spacial score (nSPS) is 18.5. The Kier molecular flexibility index (Phi) is 5.49. The van der Waals surface area contributed by atoms with E-state index < -0.39 is 19.1 Å². The number of alkyl halides is 7. The third-order valence-corrected chi connectivity index (χ3v) is 2.75. The van der Waals surface area contributed by atoms with E-state index in [9.17, 15) is 17.6 Å². The van der Waals surface area contributed by atoms with Crippen molar-refractivity contribution in [3.05, 3.63) is 0 Å².